The molecule has 0 fully saturated rings. The summed E-state index contributed by atoms with van der Waals surface area (Å²) in [5.74, 6) is 0.640. The van der Waals surface area contributed by atoms with E-state index in [0.29, 0.717) is 12.2 Å². The Bertz CT molecular complexity index is 614. The minimum absolute atomic E-state index is 0.0949. The van der Waals surface area contributed by atoms with E-state index in [2.05, 4.69) is 5.16 Å². The number of rotatable bonds is 4. The molecule has 1 aromatic carbocycles. The van der Waals surface area contributed by atoms with Gasteiger partial charge in [0, 0.05) is 24.9 Å². The Labute approximate surface area is 117 Å². The lowest BCUT2D eigenvalue weighted by molar-refractivity contribution is -0.125. The molecule has 0 aliphatic carbocycles. The molecule has 0 radical (unpaired) electrons. The number of amides is 1. The topological polar surface area (TPSA) is 72.4 Å². The minimum Gasteiger partial charge on any atom is -0.399 e. The van der Waals surface area contributed by atoms with Gasteiger partial charge in [-0.2, -0.15) is 0 Å². The molecule has 0 bridgehead atoms. The van der Waals surface area contributed by atoms with Gasteiger partial charge >= 0.3 is 0 Å². The Kier molecular flexibility index (Phi) is 4.20. The summed E-state index contributed by atoms with van der Waals surface area (Å²) in [6.45, 7) is 2.24. The maximum absolute atomic E-state index is 12.0. The molecule has 1 amide bonds. The number of hydrogen-bond donors (Lipinski definition) is 1. The van der Waals surface area contributed by atoms with Gasteiger partial charge in [0.05, 0.1) is 6.54 Å². The van der Waals surface area contributed by atoms with Crippen molar-refractivity contribution in [2.75, 3.05) is 12.8 Å². The van der Waals surface area contributed by atoms with Crippen LogP contribution in [0.1, 0.15) is 17.0 Å². The van der Waals surface area contributed by atoms with Crippen LogP contribution in [0.3, 0.4) is 0 Å². The Morgan fingerprint density at radius 2 is 2.10 bits per heavy atom. The fraction of sp³-hybridized carbons (Fsp3) is 0.200. The molecule has 20 heavy (non-hydrogen) atoms. The molecule has 2 rings (SSSR count). The summed E-state index contributed by atoms with van der Waals surface area (Å²) >= 11 is 0. The number of nitrogens with two attached hydrogens (primary N) is 1. The third-order valence-electron chi connectivity index (χ3n) is 2.81. The van der Waals surface area contributed by atoms with E-state index in [9.17, 15) is 4.79 Å². The van der Waals surface area contributed by atoms with Gasteiger partial charge < -0.3 is 15.2 Å². The van der Waals surface area contributed by atoms with Crippen molar-refractivity contribution in [2.45, 2.75) is 13.5 Å². The van der Waals surface area contributed by atoms with Crippen LogP contribution in [0.4, 0.5) is 5.69 Å². The number of nitrogens with zero attached hydrogens (tertiary/aromatic N) is 2. The van der Waals surface area contributed by atoms with Crippen LogP contribution in [-0.2, 0) is 11.3 Å². The van der Waals surface area contributed by atoms with Crippen molar-refractivity contribution in [3.05, 3.63) is 53.4 Å². The molecule has 5 heteroatoms. The molecule has 1 heterocycles. The average molecular weight is 271 g/mol. The van der Waals surface area contributed by atoms with Gasteiger partial charge in [0.2, 0.25) is 5.91 Å². The molecular formula is C15H17N3O2. The van der Waals surface area contributed by atoms with Crippen LogP contribution in [0, 0.1) is 6.92 Å². The first-order valence-electron chi connectivity index (χ1n) is 6.25. The second-order valence-electron chi connectivity index (χ2n) is 4.62. The van der Waals surface area contributed by atoms with E-state index in [1.807, 2.05) is 25.1 Å². The maximum atomic E-state index is 12.0. The van der Waals surface area contributed by atoms with Crippen LogP contribution in [0.25, 0.3) is 6.08 Å². The normalized spacial score (nSPS) is 10.9. The van der Waals surface area contributed by atoms with Gasteiger partial charge in [-0.3, -0.25) is 4.79 Å². The van der Waals surface area contributed by atoms with Crippen LogP contribution in [0.5, 0.6) is 0 Å². The highest BCUT2D eigenvalue weighted by Gasteiger charge is 2.08. The Balaban J connectivity index is 1.95. The summed E-state index contributed by atoms with van der Waals surface area (Å²) in [7, 11) is 1.72. The lowest BCUT2D eigenvalue weighted by atomic mass is 10.2. The van der Waals surface area contributed by atoms with E-state index in [-0.39, 0.29) is 5.91 Å². The minimum atomic E-state index is -0.0949. The van der Waals surface area contributed by atoms with E-state index in [0.717, 1.165) is 17.0 Å². The Morgan fingerprint density at radius 3 is 2.70 bits per heavy atom. The van der Waals surface area contributed by atoms with E-state index < -0.39 is 0 Å². The number of aryl methyl sites for hydroxylation is 1. The third-order valence-corrected chi connectivity index (χ3v) is 2.81. The van der Waals surface area contributed by atoms with Crippen molar-refractivity contribution in [1.82, 2.24) is 10.1 Å². The predicted molar refractivity (Wildman–Crippen MR) is 77.6 cm³/mol. The largest absolute Gasteiger partial charge is 0.399 e. The predicted octanol–water partition coefficient (Wildman–Crippen LogP) is 2.24. The second-order valence-corrected chi connectivity index (χ2v) is 4.62. The molecule has 2 aromatic rings. The van der Waals surface area contributed by atoms with Gasteiger partial charge in [0.15, 0.2) is 0 Å². The number of benzene rings is 1. The summed E-state index contributed by atoms with van der Waals surface area (Å²) < 4.78 is 4.97. The highest BCUT2D eigenvalue weighted by atomic mass is 16.5. The van der Waals surface area contributed by atoms with Crippen molar-refractivity contribution >= 4 is 17.7 Å². The average Bonchev–Trinajstić information content (AvgIpc) is 2.83. The lowest BCUT2D eigenvalue weighted by Crippen LogP contribution is -2.24. The fourth-order valence-corrected chi connectivity index (χ4v) is 1.72. The van der Waals surface area contributed by atoms with Gasteiger partial charge in [-0.1, -0.05) is 17.3 Å². The first kappa shape index (κ1) is 13.9. The van der Waals surface area contributed by atoms with Gasteiger partial charge in [-0.05, 0) is 30.7 Å². The lowest BCUT2D eigenvalue weighted by Gasteiger charge is -2.12. The number of carbonyl (C=O) groups excluding carboxylic acids is 1. The number of likely N-dealkylation sites (N-methyl/N-ethyl adjacent to an activating group) is 1. The highest BCUT2D eigenvalue weighted by Crippen LogP contribution is 2.08. The van der Waals surface area contributed by atoms with Crippen LogP contribution in [-0.4, -0.2) is 23.0 Å². The number of nitrogen functional groups attached to an aromatic ring is 1. The SMILES string of the molecule is Cc1cc(CN(C)C(=O)/C=C/c2ccc(N)cc2)no1. The zero-order valence-corrected chi connectivity index (χ0v) is 11.5. The summed E-state index contributed by atoms with van der Waals surface area (Å²) in [6, 6.07) is 9.13. The molecular weight excluding hydrogens is 254 g/mol. The number of carbonyl (C=O) groups is 1. The highest BCUT2D eigenvalue weighted by molar-refractivity contribution is 5.91. The van der Waals surface area contributed by atoms with Crippen LogP contribution in [0.2, 0.25) is 0 Å². The zero-order chi connectivity index (χ0) is 14.5. The smallest absolute Gasteiger partial charge is 0.246 e. The van der Waals surface area contributed by atoms with Crippen molar-refractivity contribution in [2.24, 2.45) is 0 Å². The summed E-state index contributed by atoms with van der Waals surface area (Å²) in [6.07, 6.45) is 3.28. The van der Waals surface area contributed by atoms with Crippen LogP contribution >= 0.6 is 0 Å². The van der Waals surface area contributed by atoms with E-state index in [4.69, 9.17) is 10.3 Å². The molecule has 0 saturated carbocycles. The van der Waals surface area contributed by atoms with E-state index >= 15 is 0 Å². The van der Waals surface area contributed by atoms with Crippen LogP contribution < -0.4 is 5.73 Å². The quantitative estimate of drug-likeness (QED) is 0.683. The number of hydrogen-bond acceptors (Lipinski definition) is 4. The molecule has 104 valence electrons. The van der Waals surface area contributed by atoms with E-state index in [1.54, 1.807) is 30.2 Å². The van der Waals surface area contributed by atoms with Gasteiger partial charge in [-0.15, -0.1) is 0 Å². The zero-order valence-electron chi connectivity index (χ0n) is 11.5. The van der Waals surface area contributed by atoms with Crippen LogP contribution in [0.15, 0.2) is 40.9 Å². The first-order valence-corrected chi connectivity index (χ1v) is 6.25. The van der Waals surface area contributed by atoms with Gasteiger partial charge in [-0.25, -0.2) is 0 Å². The molecule has 2 N–H and O–H groups in total. The standard InChI is InChI=1S/C15H17N3O2/c1-11-9-14(17-20-11)10-18(2)15(19)8-5-12-3-6-13(16)7-4-12/h3-9H,10,16H2,1-2H3/b8-5+. The molecule has 0 aliphatic heterocycles. The maximum Gasteiger partial charge on any atom is 0.246 e. The van der Waals surface area contributed by atoms with Crippen molar-refractivity contribution in [1.29, 1.82) is 0 Å². The van der Waals surface area contributed by atoms with E-state index in [1.165, 1.54) is 6.08 Å². The van der Waals surface area contributed by atoms with Gasteiger partial charge in [0.1, 0.15) is 11.5 Å². The van der Waals surface area contributed by atoms with Crippen molar-refractivity contribution < 1.29 is 9.32 Å². The summed E-state index contributed by atoms with van der Waals surface area (Å²) in [5, 5.41) is 3.86. The molecule has 0 spiro atoms. The molecule has 0 aliphatic rings. The monoisotopic (exact) mass is 271 g/mol. The molecule has 0 saturated heterocycles. The van der Waals surface area contributed by atoms with Crippen molar-refractivity contribution in [3.8, 4) is 0 Å². The second kappa shape index (κ2) is 6.06. The molecule has 1 aromatic heterocycles. The van der Waals surface area contributed by atoms with Crippen molar-refractivity contribution in [3.63, 3.8) is 0 Å². The third kappa shape index (κ3) is 3.71. The summed E-state index contributed by atoms with van der Waals surface area (Å²) in [5.41, 5.74) is 7.97. The van der Waals surface area contributed by atoms with Gasteiger partial charge in [0.25, 0.3) is 0 Å². The summed E-state index contributed by atoms with van der Waals surface area (Å²) in [4.78, 5) is 13.5. The molecule has 0 unspecified atom stereocenters. The number of aromatic nitrogens is 1. The molecule has 5 nitrogen and oxygen atoms in total. The fourth-order valence-electron chi connectivity index (χ4n) is 1.72. The Morgan fingerprint density at radius 1 is 1.40 bits per heavy atom. The Hall–Kier alpha value is -2.56. The number of anilines is 1. The molecule has 0 atom stereocenters. The first-order chi connectivity index (χ1) is 9.54.